The quantitative estimate of drug-likeness (QED) is 0.813. The van der Waals surface area contributed by atoms with E-state index in [1.54, 1.807) is 0 Å². The number of nitrogens with zero attached hydrogens (tertiary/aromatic N) is 1. The minimum absolute atomic E-state index is 0.131. The van der Waals surface area contributed by atoms with Gasteiger partial charge >= 0.3 is 0 Å². The lowest BCUT2D eigenvalue weighted by atomic mass is 10.4. The predicted molar refractivity (Wildman–Crippen MR) is 52.3 cm³/mol. The Kier molecular flexibility index (Phi) is 3.74. The van der Waals surface area contributed by atoms with Gasteiger partial charge in [-0.05, 0) is 0 Å². The number of hydrogen-bond acceptors (Lipinski definition) is 4. The van der Waals surface area contributed by atoms with Crippen LogP contribution in [0.4, 0.5) is 19.0 Å². The number of nitrogens with one attached hydrogen (secondary N) is 1. The Labute approximate surface area is 90.4 Å². The van der Waals surface area contributed by atoms with Gasteiger partial charge in [0.05, 0.1) is 5.75 Å². The monoisotopic (exact) mass is 254 g/mol. The number of sulfone groups is 1. The summed E-state index contributed by atoms with van der Waals surface area (Å²) >= 11 is 0. The van der Waals surface area contributed by atoms with E-state index in [4.69, 9.17) is 0 Å². The van der Waals surface area contributed by atoms with Crippen molar-refractivity contribution in [1.82, 2.24) is 4.98 Å². The number of rotatable bonds is 4. The molecule has 90 valence electrons. The van der Waals surface area contributed by atoms with Crippen LogP contribution in [-0.4, -0.2) is 32.0 Å². The summed E-state index contributed by atoms with van der Waals surface area (Å²) < 4.78 is 59.5. The molecule has 0 aliphatic carbocycles. The summed E-state index contributed by atoms with van der Waals surface area (Å²) in [7, 11) is -3.21. The molecule has 1 N–H and O–H groups in total. The molecule has 0 bridgehead atoms. The zero-order chi connectivity index (χ0) is 12.3. The zero-order valence-electron chi connectivity index (χ0n) is 8.30. The van der Waals surface area contributed by atoms with Crippen LogP contribution in [0.15, 0.2) is 6.07 Å². The number of aromatic nitrogens is 1. The summed E-state index contributed by atoms with van der Waals surface area (Å²) in [5.41, 5.74) is 0. The maximum atomic E-state index is 13.0. The van der Waals surface area contributed by atoms with Crippen molar-refractivity contribution in [2.75, 3.05) is 23.9 Å². The lowest BCUT2D eigenvalue weighted by Crippen LogP contribution is -2.16. The predicted octanol–water partition coefficient (Wildman–Crippen LogP) is 0.955. The van der Waals surface area contributed by atoms with Crippen molar-refractivity contribution >= 4 is 15.7 Å². The summed E-state index contributed by atoms with van der Waals surface area (Å²) in [5, 5.41) is 2.27. The summed E-state index contributed by atoms with van der Waals surface area (Å²) in [4.78, 5) is 2.97. The van der Waals surface area contributed by atoms with Crippen LogP contribution >= 0.6 is 0 Å². The molecule has 0 aliphatic heterocycles. The molecule has 8 heteroatoms. The lowest BCUT2D eigenvalue weighted by Gasteiger charge is -2.05. The Morgan fingerprint density at radius 2 is 1.94 bits per heavy atom. The van der Waals surface area contributed by atoms with Gasteiger partial charge in [-0.2, -0.15) is 9.37 Å². The van der Waals surface area contributed by atoms with Crippen LogP contribution in [0.2, 0.25) is 0 Å². The topological polar surface area (TPSA) is 59.1 Å². The van der Waals surface area contributed by atoms with Gasteiger partial charge < -0.3 is 5.32 Å². The summed E-state index contributed by atoms with van der Waals surface area (Å²) in [5.74, 6) is -4.68. The van der Waals surface area contributed by atoms with Crippen molar-refractivity contribution in [3.05, 3.63) is 23.6 Å². The molecule has 0 spiro atoms. The Balaban J connectivity index is 2.71. The standard InChI is InChI=1S/C8H9F3N2O2S/c1-16(14,15)3-2-12-8-6(10)4-5(9)7(11)13-8/h4H,2-3H2,1H3,(H,12,13). The van der Waals surface area contributed by atoms with E-state index in [0.29, 0.717) is 6.07 Å². The molecule has 0 saturated carbocycles. The molecule has 1 rings (SSSR count). The second-order valence-electron chi connectivity index (χ2n) is 3.15. The van der Waals surface area contributed by atoms with Crippen molar-refractivity contribution < 1.29 is 21.6 Å². The fraction of sp³-hybridized carbons (Fsp3) is 0.375. The molecule has 0 unspecified atom stereocenters. The van der Waals surface area contributed by atoms with Crippen LogP contribution in [0.5, 0.6) is 0 Å². The van der Waals surface area contributed by atoms with Crippen LogP contribution in [-0.2, 0) is 9.84 Å². The second-order valence-corrected chi connectivity index (χ2v) is 5.41. The van der Waals surface area contributed by atoms with Gasteiger partial charge in [0, 0.05) is 18.9 Å². The highest BCUT2D eigenvalue weighted by molar-refractivity contribution is 7.90. The van der Waals surface area contributed by atoms with Gasteiger partial charge in [0.25, 0.3) is 5.95 Å². The normalized spacial score (nSPS) is 11.5. The zero-order valence-corrected chi connectivity index (χ0v) is 9.11. The smallest absolute Gasteiger partial charge is 0.251 e. The van der Waals surface area contributed by atoms with Crippen LogP contribution in [0.3, 0.4) is 0 Å². The van der Waals surface area contributed by atoms with Gasteiger partial charge in [0.15, 0.2) is 17.5 Å². The van der Waals surface area contributed by atoms with Crippen molar-refractivity contribution in [2.45, 2.75) is 0 Å². The van der Waals surface area contributed by atoms with Crippen LogP contribution in [0.25, 0.3) is 0 Å². The highest BCUT2D eigenvalue weighted by Gasteiger charge is 2.11. The van der Waals surface area contributed by atoms with Gasteiger partial charge in [-0.1, -0.05) is 0 Å². The molecule has 0 fully saturated rings. The first-order chi connectivity index (χ1) is 7.29. The Morgan fingerprint density at radius 3 is 2.50 bits per heavy atom. The van der Waals surface area contributed by atoms with Crippen LogP contribution in [0, 0.1) is 17.6 Å². The molecule has 1 heterocycles. The number of halogens is 3. The fourth-order valence-corrected chi connectivity index (χ4v) is 1.40. The molecule has 0 saturated heterocycles. The molecule has 1 aromatic rings. The number of pyridine rings is 1. The molecule has 1 aromatic heterocycles. The van der Waals surface area contributed by atoms with E-state index in [1.807, 2.05) is 0 Å². The molecule has 0 aliphatic rings. The number of hydrogen-bond donors (Lipinski definition) is 1. The highest BCUT2D eigenvalue weighted by Crippen LogP contribution is 2.13. The molecule has 0 atom stereocenters. The fourth-order valence-electron chi connectivity index (χ4n) is 0.923. The van der Waals surface area contributed by atoms with E-state index in [0.717, 1.165) is 6.26 Å². The highest BCUT2D eigenvalue weighted by atomic mass is 32.2. The average molecular weight is 254 g/mol. The van der Waals surface area contributed by atoms with Gasteiger partial charge in [-0.25, -0.2) is 17.2 Å². The van der Waals surface area contributed by atoms with Crippen molar-refractivity contribution in [1.29, 1.82) is 0 Å². The first-order valence-corrected chi connectivity index (χ1v) is 6.29. The minimum atomic E-state index is -3.21. The Bertz CT molecular complexity index is 490. The van der Waals surface area contributed by atoms with E-state index >= 15 is 0 Å². The van der Waals surface area contributed by atoms with Crippen molar-refractivity contribution in [3.63, 3.8) is 0 Å². The van der Waals surface area contributed by atoms with Crippen molar-refractivity contribution in [2.24, 2.45) is 0 Å². The van der Waals surface area contributed by atoms with Crippen molar-refractivity contribution in [3.8, 4) is 0 Å². The third kappa shape index (κ3) is 3.69. The van der Waals surface area contributed by atoms with E-state index in [2.05, 4.69) is 10.3 Å². The van der Waals surface area contributed by atoms with Gasteiger partial charge in [0.2, 0.25) is 0 Å². The second kappa shape index (κ2) is 4.69. The molecule has 16 heavy (non-hydrogen) atoms. The minimum Gasteiger partial charge on any atom is -0.367 e. The molecule has 4 nitrogen and oxygen atoms in total. The third-order valence-corrected chi connectivity index (χ3v) is 2.60. The van der Waals surface area contributed by atoms with Gasteiger partial charge in [-0.15, -0.1) is 0 Å². The largest absolute Gasteiger partial charge is 0.367 e. The third-order valence-electron chi connectivity index (χ3n) is 1.65. The van der Waals surface area contributed by atoms with E-state index in [-0.39, 0.29) is 12.3 Å². The first-order valence-electron chi connectivity index (χ1n) is 4.23. The summed E-state index contributed by atoms with van der Waals surface area (Å²) in [6, 6.07) is 0.338. The molecule has 0 radical (unpaired) electrons. The average Bonchev–Trinajstić information content (AvgIpc) is 2.11. The SMILES string of the molecule is CS(=O)(=O)CCNc1nc(F)c(F)cc1F. The first kappa shape index (κ1) is 12.8. The number of anilines is 1. The molecular weight excluding hydrogens is 245 g/mol. The molecular formula is C8H9F3N2O2S. The molecule has 0 amide bonds. The van der Waals surface area contributed by atoms with Gasteiger partial charge in [0.1, 0.15) is 9.84 Å². The van der Waals surface area contributed by atoms with Crippen LogP contribution < -0.4 is 5.32 Å². The van der Waals surface area contributed by atoms with Crippen LogP contribution in [0.1, 0.15) is 0 Å². The lowest BCUT2D eigenvalue weighted by molar-refractivity contribution is 0.466. The maximum Gasteiger partial charge on any atom is 0.251 e. The molecule has 0 aromatic carbocycles. The summed E-state index contributed by atoms with van der Waals surface area (Å²) in [6.07, 6.45) is 1.00. The van der Waals surface area contributed by atoms with Gasteiger partial charge in [-0.3, -0.25) is 0 Å². The van der Waals surface area contributed by atoms with E-state index in [9.17, 15) is 21.6 Å². The Hall–Kier alpha value is -1.31. The van der Waals surface area contributed by atoms with E-state index in [1.165, 1.54) is 0 Å². The maximum absolute atomic E-state index is 13.0. The Morgan fingerprint density at radius 1 is 1.31 bits per heavy atom. The summed E-state index contributed by atoms with van der Waals surface area (Å²) in [6.45, 7) is -0.131. The van der Waals surface area contributed by atoms with E-state index < -0.39 is 33.2 Å².